The molecular formula is C23H20BrN. The highest BCUT2D eigenvalue weighted by Crippen LogP contribution is 2.33. The van der Waals surface area contributed by atoms with Crippen molar-refractivity contribution in [2.75, 3.05) is 0 Å². The van der Waals surface area contributed by atoms with E-state index in [0.29, 0.717) is 5.92 Å². The SMILES string of the molecule is Cn1cc(CC(c2ccccc2)c2cccc(Br)c2)c2ccccc21. The highest BCUT2D eigenvalue weighted by atomic mass is 79.9. The predicted molar refractivity (Wildman–Crippen MR) is 109 cm³/mol. The lowest BCUT2D eigenvalue weighted by Crippen LogP contribution is -2.05. The topological polar surface area (TPSA) is 4.93 Å². The molecule has 25 heavy (non-hydrogen) atoms. The molecule has 0 aliphatic heterocycles. The van der Waals surface area contributed by atoms with E-state index in [9.17, 15) is 0 Å². The Morgan fingerprint density at radius 3 is 2.36 bits per heavy atom. The smallest absolute Gasteiger partial charge is 0.0480 e. The summed E-state index contributed by atoms with van der Waals surface area (Å²) in [5, 5.41) is 1.35. The van der Waals surface area contributed by atoms with Gasteiger partial charge in [0.25, 0.3) is 0 Å². The number of aromatic nitrogens is 1. The first-order valence-electron chi connectivity index (χ1n) is 8.56. The number of hydrogen-bond acceptors (Lipinski definition) is 0. The number of halogens is 1. The van der Waals surface area contributed by atoms with E-state index in [0.717, 1.165) is 10.9 Å². The van der Waals surface area contributed by atoms with Gasteiger partial charge in [-0.1, -0.05) is 76.6 Å². The van der Waals surface area contributed by atoms with Crippen molar-refractivity contribution < 1.29 is 0 Å². The lowest BCUT2D eigenvalue weighted by molar-refractivity contribution is 0.803. The summed E-state index contributed by atoms with van der Waals surface area (Å²) in [4.78, 5) is 0. The first-order chi connectivity index (χ1) is 12.2. The second-order valence-corrected chi connectivity index (χ2v) is 7.42. The summed E-state index contributed by atoms with van der Waals surface area (Å²) in [7, 11) is 2.13. The van der Waals surface area contributed by atoms with Crippen LogP contribution >= 0.6 is 15.9 Å². The van der Waals surface area contributed by atoms with E-state index in [2.05, 4.69) is 113 Å². The van der Waals surface area contributed by atoms with Gasteiger partial charge in [-0.05, 0) is 41.3 Å². The van der Waals surface area contributed by atoms with Crippen molar-refractivity contribution in [3.05, 3.63) is 106 Å². The minimum atomic E-state index is 0.338. The maximum atomic E-state index is 3.63. The third-order valence-electron chi connectivity index (χ3n) is 4.86. The molecule has 0 aliphatic rings. The average molecular weight is 390 g/mol. The Balaban J connectivity index is 1.81. The van der Waals surface area contributed by atoms with Gasteiger partial charge in [-0.15, -0.1) is 0 Å². The molecule has 1 unspecified atom stereocenters. The van der Waals surface area contributed by atoms with E-state index < -0.39 is 0 Å². The number of fused-ring (bicyclic) bond motifs is 1. The number of para-hydroxylation sites is 1. The summed E-state index contributed by atoms with van der Waals surface area (Å²) in [6, 6.07) is 28.1. The largest absolute Gasteiger partial charge is 0.350 e. The summed E-state index contributed by atoms with van der Waals surface area (Å²) in [5.74, 6) is 0.338. The van der Waals surface area contributed by atoms with Crippen molar-refractivity contribution in [3.8, 4) is 0 Å². The standard InChI is InChI=1S/C23H20BrN/c1-25-16-19(21-12-5-6-13-23(21)25)15-22(17-8-3-2-4-9-17)18-10-7-11-20(24)14-18/h2-14,16,22H,15H2,1H3. The third-order valence-corrected chi connectivity index (χ3v) is 5.35. The van der Waals surface area contributed by atoms with Gasteiger partial charge in [-0.2, -0.15) is 0 Å². The zero-order chi connectivity index (χ0) is 17.2. The van der Waals surface area contributed by atoms with Crippen molar-refractivity contribution in [1.82, 2.24) is 4.57 Å². The van der Waals surface area contributed by atoms with Crippen molar-refractivity contribution in [1.29, 1.82) is 0 Å². The number of benzene rings is 3. The first kappa shape index (κ1) is 16.2. The molecule has 4 aromatic rings. The van der Waals surface area contributed by atoms with Gasteiger partial charge in [0.15, 0.2) is 0 Å². The fourth-order valence-electron chi connectivity index (χ4n) is 3.64. The van der Waals surface area contributed by atoms with Gasteiger partial charge in [0, 0.05) is 34.5 Å². The molecule has 1 aromatic heterocycles. The van der Waals surface area contributed by atoms with Crippen molar-refractivity contribution in [3.63, 3.8) is 0 Å². The summed E-state index contributed by atoms with van der Waals surface area (Å²) in [5.41, 5.74) is 5.38. The van der Waals surface area contributed by atoms with Gasteiger partial charge in [0.2, 0.25) is 0 Å². The highest BCUT2D eigenvalue weighted by molar-refractivity contribution is 9.10. The van der Waals surface area contributed by atoms with Crippen molar-refractivity contribution >= 4 is 26.8 Å². The molecule has 3 aromatic carbocycles. The van der Waals surface area contributed by atoms with Gasteiger partial charge < -0.3 is 4.57 Å². The quantitative estimate of drug-likeness (QED) is 0.385. The van der Waals surface area contributed by atoms with Gasteiger partial charge in [-0.25, -0.2) is 0 Å². The highest BCUT2D eigenvalue weighted by Gasteiger charge is 2.17. The van der Waals surface area contributed by atoms with E-state index in [1.165, 1.54) is 27.6 Å². The summed E-state index contributed by atoms with van der Waals surface area (Å²) in [6.07, 6.45) is 3.26. The van der Waals surface area contributed by atoms with Crippen LogP contribution in [0.25, 0.3) is 10.9 Å². The Morgan fingerprint density at radius 1 is 0.840 bits per heavy atom. The van der Waals surface area contributed by atoms with Gasteiger partial charge in [0.05, 0.1) is 0 Å². The molecule has 1 nitrogen and oxygen atoms in total. The molecule has 0 amide bonds. The van der Waals surface area contributed by atoms with Gasteiger partial charge in [-0.3, -0.25) is 0 Å². The zero-order valence-electron chi connectivity index (χ0n) is 14.2. The average Bonchev–Trinajstić information content (AvgIpc) is 2.97. The van der Waals surface area contributed by atoms with E-state index >= 15 is 0 Å². The second kappa shape index (κ2) is 6.89. The van der Waals surface area contributed by atoms with Crippen LogP contribution in [0.4, 0.5) is 0 Å². The molecule has 2 heteroatoms. The minimum absolute atomic E-state index is 0.338. The van der Waals surface area contributed by atoms with E-state index in [1.807, 2.05) is 0 Å². The zero-order valence-corrected chi connectivity index (χ0v) is 15.8. The summed E-state index contributed by atoms with van der Waals surface area (Å²) >= 11 is 3.63. The molecule has 0 saturated carbocycles. The molecule has 0 bridgehead atoms. The van der Waals surface area contributed by atoms with Crippen LogP contribution < -0.4 is 0 Å². The maximum absolute atomic E-state index is 3.63. The molecule has 0 spiro atoms. The molecule has 1 heterocycles. The number of nitrogens with zero attached hydrogens (tertiary/aromatic N) is 1. The molecular weight excluding hydrogens is 370 g/mol. The van der Waals surface area contributed by atoms with Crippen LogP contribution in [-0.4, -0.2) is 4.57 Å². The van der Waals surface area contributed by atoms with E-state index in [-0.39, 0.29) is 0 Å². The number of rotatable bonds is 4. The molecule has 0 aliphatic carbocycles. The fraction of sp³-hybridized carbons (Fsp3) is 0.130. The van der Waals surface area contributed by atoms with E-state index in [4.69, 9.17) is 0 Å². The van der Waals surface area contributed by atoms with Crippen molar-refractivity contribution in [2.45, 2.75) is 12.3 Å². The van der Waals surface area contributed by atoms with E-state index in [1.54, 1.807) is 0 Å². The Kier molecular flexibility index (Phi) is 4.46. The van der Waals surface area contributed by atoms with Crippen LogP contribution in [-0.2, 0) is 13.5 Å². The molecule has 0 fully saturated rings. The molecule has 124 valence electrons. The van der Waals surface area contributed by atoms with Crippen LogP contribution in [0.15, 0.2) is 89.5 Å². The molecule has 0 N–H and O–H groups in total. The molecule has 1 atom stereocenters. The molecule has 0 radical (unpaired) electrons. The lowest BCUT2D eigenvalue weighted by atomic mass is 9.86. The Bertz CT molecular complexity index is 1000. The maximum Gasteiger partial charge on any atom is 0.0480 e. The first-order valence-corrected chi connectivity index (χ1v) is 9.35. The van der Waals surface area contributed by atoms with Gasteiger partial charge >= 0.3 is 0 Å². The second-order valence-electron chi connectivity index (χ2n) is 6.50. The Labute approximate surface area is 157 Å². The summed E-state index contributed by atoms with van der Waals surface area (Å²) < 4.78 is 3.36. The Hall–Kier alpha value is -2.32. The van der Waals surface area contributed by atoms with Crippen LogP contribution in [0, 0.1) is 0 Å². The van der Waals surface area contributed by atoms with Crippen LogP contribution in [0.3, 0.4) is 0 Å². The fourth-order valence-corrected chi connectivity index (χ4v) is 4.06. The summed E-state index contributed by atoms with van der Waals surface area (Å²) in [6.45, 7) is 0. The van der Waals surface area contributed by atoms with Crippen LogP contribution in [0.5, 0.6) is 0 Å². The normalized spacial score (nSPS) is 12.4. The number of aryl methyl sites for hydroxylation is 1. The third kappa shape index (κ3) is 3.27. The molecule has 4 rings (SSSR count). The Morgan fingerprint density at radius 2 is 1.56 bits per heavy atom. The van der Waals surface area contributed by atoms with Crippen LogP contribution in [0.1, 0.15) is 22.6 Å². The van der Waals surface area contributed by atoms with Crippen molar-refractivity contribution in [2.24, 2.45) is 7.05 Å². The predicted octanol–water partition coefficient (Wildman–Crippen LogP) is 6.32. The number of hydrogen-bond donors (Lipinski definition) is 0. The lowest BCUT2D eigenvalue weighted by Gasteiger charge is -2.18. The van der Waals surface area contributed by atoms with Gasteiger partial charge in [0.1, 0.15) is 0 Å². The monoisotopic (exact) mass is 389 g/mol. The minimum Gasteiger partial charge on any atom is -0.350 e. The van der Waals surface area contributed by atoms with Crippen LogP contribution in [0.2, 0.25) is 0 Å². The molecule has 0 saturated heterocycles.